The predicted octanol–water partition coefficient (Wildman–Crippen LogP) is 3.80. The molecule has 2 saturated heterocycles. The van der Waals surface area contributed by atoms with E-state index in [0.717, 1.165) is 57.4 Å². The summed E-state index contributed by atoms with van der Waals surface area (Å²) >= 11 is 0. The molecular weight excluding hydrogens is 396 g/mol. The number of anilines is 1. The quantitative estimate of drug-likeness (QED) is 0.746. The van der Waals surface area contributed by atoms with E-state index in [-0.39, 0.29) is 6.04 Å². The largest absolute Gasteiger partial charge is 0.357 e. The molecule has 1 aromatic carbocycles. The highest BCUT2D eigenvalue weighted by Gasteiger charge is 2.38. The third-order valence-electron chi connectivity index (χ3n) is 6.38. The summed E-state index contributed by atoms with van der Waals surface area (Å²) in [5, 5.41) is 8.96. The summed E-state index contributed by atoms with van der Waals surface area (Å²) in [6.07, 6.45) is 7.55. The van der Waals surface area contributed by atoms with Crippen LogP contribution in [0, 0.1) is 17.2 Å². The molecule has 0 N–H and O–H groups in total. The van der Waals surface area contributed by atoms with Gasteiger partial charge in [-0.2, -0.15) is 9.57 Å². The molecule has 0 bridgehead atoms. The number of hydrogen-bond donors (Lipinski definition) is 0. The summed E-state index contributed by atoms with van der Waals surface area (Å²) in [7, 11) is -3.48. The Morgan fingerprint density at radius 2 is 1.70 bits per heavy atom. The lowest BCUT2D eigenvalue weighted by molar-refractivity contribution is 0.205. The van der Waals surface area contributed by atoms with Gasteiger partial charge >= 0.3 is 0 Å². The maximum absolute atomic E-state index is 13.4. The van der Waals surface area contributed by atoms with E-state index in [4.69, 9.17) is 5.26 Å². The van der Waals surface area contributed by atoms with E-state index in [2.05, 4.69) is 16.0 Å². The van der Waals surface area contributed by atoms with Gasteiger partial charge in [0.25, 0.3) is 0 Å². The summed E-state index contributed by atoms with van der Waals surface area (Å²) in [5.74, 6) is 1.25. The summed E-state index contributed by atoms with van der Waals surface area (Å²) < 4.78 is 28.6. The highest BCUT2D eigenvalue weighted by molar-refractivity contribution is 7.89. The Morgan fingerprint density at radius 1 is 0.933 bits per heavy atom. The first-order valence-corrected chi connectivity index (χ1v) is 12.2. The number of hydrogen-bond acceptors (Lipinski definition) is 5. The lowest BCUT2D eigenvalue weighted by Crippen LogP contribution is -2.47. The van der Waals surface area contributed by atoms with Crippen molar-refractivity contribution >= 4 is 15.8 Å². The molecule has 1 atom stereocenters. The smallest absolute Gasteiger partial charge is 0.243 e. The van der Waals surface area contributed by atoms with Crippen molar-refractivity contribution in [2.75, 3.05) is 24.5 Å². The van der Waals surface area contributed by atoms with Gasteiger partial charge in [-0.3, -0.25) is 0 Å². The van der Waals surface area contributed by atoms with Gasteiger partial charge in [-0.15, -0.1) is 0 Å². The fourth-order valence-corrected chi connectivity index (χ4v) is 6.53. The van der Waals surface area contributed by atoms with E-state index in [1.807, 2.05) is 12.1 Å². The second-order valence-corrected chi connectivity index (χ2v) is 10.1. The molecule has 0 saturated carbocycles. The second kappa shape index (κ2) is 9.15. The highest BCUT2D eigenvalue weighted by Crippen LogP contribution is 2.34. The molecule has 7 heteroatoms. The molecule has 2 aliphatic rings. The molecule has 1 aromatic heterocycles. The summed E-state index contributed by atoms with van der Waals surface area (Å²) in [4.78, 5) is 7.06. The Labute approximate surface area is 179 Å². The Bertz CT molecular complexity index is 978. The van der Waals surface area contributed by atoms with E-state index in [0.29, 0.717) is 22.9 Å². The maximum atomic E-state index is 13.4. The zero-order valence-corrected chi connectivity index (χ0v) is 18.0. The molecule has 2 aliphatic heterocycles. The van der Waals surface area contributed by atoms with Crippen molar-refractivity contribution in [1.29, 1.82) is 5.26 Å². The molecule has 0 spiro atoms. The highest BCUT2D eigenvalue weighted by atomic mass is 32.2. The van der Waals surface area contributed by atoms with Gasteiger partial charge in [-0.25, -0.2) is 13.4 Å². The Kier molecular flexibility index (Phi) is 6.35. The summed E-state index contributed by atoms with van der Waals surface area (Å²) in [5.41, 5.74) is 0.564. The normalized spacial score (nSPS) is 21.7. The predicted molar refractivity (Wildman–Crippen MR) is 116 cm³/mol. The minimum Gasteiger partial charge on any atom is -0.357 e. The van der Waals surface area contributed by atoms with Crippen LogP contribution in [0.15, 0.2) is 53.6 Å². The molecule has 0 radical (unpaired) electrons. The standard InChI is InChI=1S/C23H28N4O2S/c24-17-19-10-11-23(25-18-19)26-15-12-20(13-16-26)22-9-5-2-6-14-27(22)30(28,29)21-7-3-1-4-8-21/h1,3-4,7-8,10-11,18,20,22H,2,5-6,9,12-16H2. The number of benzene rings is 1. The number of pyridine rings is 1. The van der Waals surface area contributed by atoms with Crippen molar-refractivity contribution < 1.29 is 8.42 Å². The van der Waals surface area contributed by atoms with Crippen molar-refractivity contribution in [2.24, 2.45) is 5.92 Å². The van der Waals surface area contributed by atoms with Crippen molar-refractivity contribution in [2.45, 2.75) is 49.5 Å². The first kappa shape index (κ1) is 20.8. The van der Waals surface area contributed by atoms with Crippen LogP contribution in [0.25, 0.3) is 0 Å². The first-order chi connectivity index (χ1) is 14.6. The van der Waals surface area contributed by atoms with Crippen LogP contribution < -0.4 is 4.90 Å². The molecule has 2 aromatic rings. The first-order valence-electron chi connectivity index (χ1n) is 10.8. The van der Waals surface area contributed by atoms with Crippen LogP contribution in [0.5, 0.6) is 0 Å². The lowest BCUT2D eigenvalue weighted by atomic mass is 9.87. The third-order valence-corrected chi connectivity index (χ3v) is 8.32. The van der Waals surface area contributed by atoms with Crippen LogP contribution in [0.2, 0.25) is 0 Å². The number of rotatable bonds is 4. The van der Waals surface area contributed by atoms with E-state index in [1.165, 1.54) is 0 Å². The summed E-state index contributed by atoms with van der Waals surface area (Å²) in [6.45, 7) is 2.33. The molecule has 0 aliphatic carbocycles. The van der Waals surface area contributed by atoms with Gasteiger partial charge in [-0.1, -0.05) is 31.0 Å². The van der Waals surface area contributed by atoms with Crippen LogP contribution in [0.3, 0.4) is 0 Å². The van der Waals surface area contributed by atoms with Gasteiger partial charge in [0.15, 0.2) is 0 Å². The van der Waals surface area contributed by atoms with E-state index in [1.54, 1.807) is 40.8 Å². The monoisotopic (exact) mass is 424 g/mol. The van der Waals surface area contributed by atoms with Gasteiger partial charge in [0.05, 0.1) is 10.5 Å². The van der Waals surface area contributed by atoms with Gasteiger partial charge in [0, 0.05) is 31.9 Å². The number of aromatic nitrogens is 1. The number of piperidine rings is 1. The van der Waals surface area contributed by atoms with Crippen molar-refractivity contribution in [1.82, 2.24) is 9.29 Å². The molecule has 158 valence electrons. The van der Waals surface area contributed by atoms with Gasteiger partial charge in [0.2, 0.25) is 10.0 Å². The second-order valence-electron chi connectivity index (χ2n) is 8.19. The lowest BCUT2D eigenvalue weighted by Gasteiger charge is -2.40. The van der Waals surface area contributed by atoms with Crippen molar-refractivity contribution in [3.63, 3.8) is 0 Å². The topological polar surface area (TPSA) is 77.3 Å². The van der Waals surface area contributed by atoms with Crippen LogP contribution in [-0.2, 0) is 10.0 Å². The van der Waals surface area contributed by atoms with Gasteiger partial charge < -0.3 is 4.90 Å². The minimum absolute atomic E-state index is 0.0637. The molecule has 0 amide bonds. The fraction of sp³-hybridized carbons (Fsp3) is 0.478. The third kappa shape index (κ3) is 4.35. The van der Waals surface area contributed by atoms with Crippen LogP contribution in [-0.4, -0.2) is 43.4 Å². The van der Waals surface area contributed by atoms with Crippen molar-refractivity contribution in [3.8, 4) is 6.07 Å². The van der Waals surface area contributed by atoms with E-state index in [9.17, 15) is 8.42 Å². The Morgan fingerprint density at radius 3 is 2.37 bits per heavy atom. The van der Waals surface area contributed by atoms with Crippen LogP contribution in [0.1, 0.15) is 44.1 Å². The summed E-state index contributed by atoms with van der Waals surface area (Å²) in [6, 6.07) is 14.7. The molecule has 3 heterocycles. The van der Waals surface area contributed by atoms with Crippen molar-refractivity contribution in [3.05, 3.63) is 54.2 Å². The molecule has 30 heavy (non-hydrogen) atoms. The van der Waals surface area contributed by atoms with E-state index < -0.39 is 10.0 Å². The Balaban J connectivity index is 1.49. The molecule has 1 unspecified atom stereocenters. The zero-order chi connectivity index (χ0) is 21.0. The Hall–Kier alpha value is -2.43. The molecular formula is C23H28N4O2S. The number of sulfonamides is 1. The average molecular weight is 425 g/mol. The zero-order valence-electron chi connectivity index (χ0n) is 17.2. The average Bonchev–Trinajstić information content (AvgIpc) is 3.07. The van der Waals surface area contributed by atoms with Gasteiger partial charge in [-0.05, 0) is 55.9 Å². The maximum Gasteiger partial charge on any atom is 0.243 e. The van der Waals surface area contributed by atoms with Crippen LogP contribution >= 0.6 is 0 Å². The molecule has 6 nitrogen and oxygen atoms in total. The fourth-order valence-electron chi connectivity index (χ4n) is 4.76. The number of nitriles is 1. The van der Waals surface area contributed by atoms with Gasteiger partial charge in [0.1, 0.15) is 11.9 Å². The minimum atomic E-state index is -3.48. The molecule has 2 fully saturated rings. The van der Waals surface area contributed by atoms with E-state index >= 15 is 0 Å². The SMILES string of the molecule is N#Cc1ccc(N2CCC(C3CCCCCN3S(=O)(=O)c3ccccc3)CC2)nc1. The molecule has 4 rings (SSSR count). The number of nitrogens with zero attached hydrogens (tertiary/aromatic N) is 4. The van der Waals surface area contributed by atoms with Crippen LogP contribution in [0.4, 0.5) is 5.82 Å².